The van der Waals surface area contributed by atoms with Crippen LogP contribution in [0.2, 0.25) is 0 Å². The van der Waals surface area contributed by atoms with Crippen LogP contribution in [0.4, 0.5) is 0 Å². The van der Waals surface area contributed by atoms with E-state index in [2.05, 4.69) is 31.3 Å². The third kappa shape index (κ3) is 45.7. The van der Waals surface area contributed by atoms with Gasteiger partial charge in [-0.25, -0.2) is 0 Å². The van der Waals surface area contributed by atoms with Crippen molar-refractivity contribution < 1.29 is 24.5 Å². The molecule has 3 N–H and O–H groups in total. The zero-order valence-electron chi connectivity index (χ0n) is 39.5. The molecule has 0 aromatic rings. The van der Waals surface area contributed by atoms with Crippen LogP contribution in [0.5, 0.6) is 0 Å². The Bertz CT molecular complexity index is 920. The van der Waals surface area contributed by atoms with E-state index in [1.807, 2.05) is 6.08 Å². The number of esters is 1. The van der Waals surface area contributed by atoms with Crippen molar-refractivity contribution in [2.45, 2.75) is 289 Å². The van der Waals surface area contributed by atoms with Crippen molar-refractivity contribution in [3.63, 3.8) is 0 Å². The van der Waals surface area contributed by atoms with Crippen LogP contribution in [0.15, 0.2) is 24.3 Å². The Kier molecular flexibility index (Phi) is 47.6. The number of carbonyl (C=O) groups is 2. The van der Waals surface area contributed by atoms with Crippen molar-refractivity contribution in [1.82, 2.24) is 5.32 Å². The number of hydrogen-bond acceptors (Lipinski definition) is 5. The normalized spacial score (nSPS) is 12.8. The van der Waals surface area contributed by atoms with E-state index in [-0.39, 0.29) is 18.5 Å². The van der Waals surface area contributed by atoms with Gasteiger partial charge in [0.1, 0.15) is 0 Å². The van der Waals surface area contributed by atoms with Gasteiger partial charge < -0.3 is 20.3 Å². The van der Waals surface area contributed by atoms with Crippen LogP contribution >= 0.6 is 0 Å². The Morgan fingerprint density at radius 3 is 1.20 bits per heavy atom. The quantitative estimate of drug-likeness (QED) is 0.0322. The van der Waals surface area contributed by atoms with Gasteiger partial charge in [-0.05, 0) is 57.8 Å². The van der Waals surface area contributed by atoms with Crippen LogP contribution in [-0.2, 0) is 14.3 Å². The maximum absolute atomic E-state index is 12.4. The van der Waals surface area contributed by atoms with Crippen LogP contribution in [0.1, 0.15) is 277 Å². The average Bonchev–Trinajstić information content (AvgIpc) is 3.24. The molecule has 0 aromatic carbocycles. The number of nitrogens with one attached hydrogen (secondary N) is 1. The van der Waals surface area contributed by atoms with Gasteiger partial charge in [0, 0.05) is 12.8 Å². The molecule has 0 aliphatic rings. The highest BCUT2D eigenvalue weighted by atomic mass is 16.5. The third-order valence-electron chi connectivity index (χ3n) is 12.0. The fraction of sp³-hybridized carbons (Fsp3) is 0.887. The first-order valence-electron chi connectivity index (χ1n) is 26.1. The van der Waals surface area contributed by atoms with Crippen LogP contribution in [0.25, 0.3) is 0 Å². The molecular formula is C53H101NO5. The van der Waals surface area contributed by atoms with Gasteiger partial charge in [-0.2, -0.15) is 0 Å². The Balaban J connectivity index is 3.52. The molecule has 348 valence electrons. The Morgan fingerprint density at radius 1 is 0.458 bits per heavy atom. The highest BCUT2D eigenvalue weighted by Crippen LogP contribution is 2.16. The van der Waals surface area contributed by atoms with Crippen molar-refractivity contribution in [3.05, 3.63) is 24.3 Å². The molecule has 0 saturated heterocycles. The lowest BCUT2D eigenvalue weighted by Gasteiger charge is -2.20. The van der Waals surface area contributed by atoms with Gasteiger partial charge in [0.25, 0.3) is 0 Å². The first-order valence-corrected chi connectivity index (χ1v) is 26.1. The largest absolute Gasteiger partial charge is 0.466 e. The van der Waals surface area contributed by atoms with Crippen LogP contribution in [0.3, 0.4) is 0 Å². The maximum Gasteiger partial charge on any atom is 0.305 e. The van der Waals surface area contributed by atoms with Gasteiger partial charge in [-0.1, -0.05) is 231 Å². The van der Waals surface area contributed by atoms with Crippen molar-refractivity contribution in [2.75, 3.05) is 13.2 Å². The summed E-state index contributed by atoms with van der Waals surface area (Å²) < 4.78 is 5.45. The van der Waals surface area contributed by atoms with Gasteiger partial charge in [0.05, 0.1) is 25.4 Å². The minimum absolute atomic E-state index is 0.0287. The number of aliphatic hydroxyl groups excluding tert-OH is 2. The van der Waals surface area contributed by atoms with E-state index in [9.17, 15) is 19.8 Å². The van der Waals surface area contributed by atoms with Gasteiger partial charge in [0.15, 0.2) is 0 Å². The summed E-state index contributed by atoms with van der Waals surface area (Å²) in [7, 11) is 0. The predicted octanol–water partition coefficient (Wildman–Crippen LogP) is 15.5. The molecule has 6 nitrogen and oxygen atoms in total. The lowest BCUT2D eigenvalue weighted by molar-refractivity contribution is -0.143. The van der Waals surface area contributed by atoms with E-state index >= 15 is 0 Å². The summed E-state index contributed by atoms with van der Waals surface area (Å²) >= 11 is 0. The monoisotopic (exact) mass is 832 g/mol. The van der Waals surface area contributed by atoms with Crippen molar-refractivity contribution in [3.8, 4) is 0 Å². The summed E-state index contributed by atoms with van der Waals surface area (Å²) in [5.74, 6) is -0.119. The molecule has 0 fully saturated rings. The average molecular weight is 832 g/mol. The molecule has 59 heavy (non-hydrogen) atoms. The molecule has 0 aliphatic carbocycles. The number of hydrogen-bond donors (Lipinski definition) is 3. The summed E-state index contributed by atoms with van der Waals surface area (Å²) in [5, 5.41) is 23.1. The first-order chi connectivity index (χ1) is 29.0. The second-order valence-corrected chi connectivity index (χ2v) is 17.9. The molecule has 0 aliphatic heterocycles. The molecule has 2 unspecified atom stereocenters. The molecule has 0 bridgehead atoms. The maximum atomic E-state index is 12.4. The molecule has 2 atom stereocenters. The number of rotatable bonds is 48. The summed E-state index contributed by atoms with van der Waals surface area (Å²) in [4.78, 5) is 24.5. The lowest BCUT2D eigenvalue weighted by atomic mass is 10.0. The second kappa shape index (κ2) is 49.0. The summed E-state index contributed by atoms with van der Waals surface area (Å²) in [6.07, 6.45) is 57.4. The minimum atomic E-state index is -0.859. The van der Waals surface area contributed by atoms with Gasteiger partial charge in [-0.15, -0.1) is 0 Å². The van der Waals surface area contributed by atoms with Crippen LogP contribution in [0, 0.1) is 0 Å². The molecule has 0 saturated carbocycles. The number of carbonyl (C=O) groups excluding carboxylic acids is 2. The van der Waals surface area contributed by atoms with Crippen molar-refractivity contribution >= 4 is 11.9 Å². The molecular weight excluding hydrogens is 731 g/mol. The number of allylic oxidation sites excluding steroid dienone is 3. The fourth-order valence-electron chi connectivity index (χ4n) is 7.92. The summed E-state index contributed by atoms with van der Waals surface area (Å²) in [6, 6.07) is -0.645. The van der Waals surface area contributed by atoms with Crippen LogP contribution in [-0.4, -0.2) is 47.4 Å². The van der Waals surface area contributed by atoms with Gasteiger partial charge in [0.2, 0.25) is 5.91 Å². The van der Waals surface area contributed by atoms with E-state index < -0.39 is 12.1 Å². The Morgan fingerprint density at radius 2 is 0.797 bits per heavy atom. The van der Waals surface area contributed by atoms with E-state index in [0.29, 0.717) is 19.4 Å². The number of aliphatic hydroxyl groups is 2. The molecule has 0 rings (SSSR count). The number of unbranched alkanes of at least 4 members (excludes halogenated alkanes) is 35. The minimum Gasteiger partial charge on any atom is -0.466 e. The first kappa shape index (κ1) is 57.3. The lowest BCUT2D eigenvalue weighted by Crippen LogP contribution is -2.45. The standard InChI is InChI=1S/C53H101NO5/c1-3-5-7-9-11-13-15-17-19-20-22-23-25-29-33-37-41-45-51(56)50(49-55)54-52(57)46-42-38-34-30-27-28-32-36-40-44-48-59-53(58)47-43-39-35-31-26-24-21-18-16-14-12-10-8-6-4-2/h18,21,41,45,50-51,55-56H,3-17,19-20,22-40,42-44,46-49H2,1-2H3,(H,54,57)/b21-18-,45-41+. The SMILES string of the molecule is CCCCCCCC/C=C\CCCCCCCC(=O)OCCCCCCCCCCCCC(=O)NC(CO)C(O)/C=C/CCCCCCCCCCCCCCCCC. The zero-order chi connectivity index (χ0) is 43.0. The molecule has 1 amide bonds. The van der Waals surface area contributed by atoms with Crippen molar-refractivity contribution in [2.24, 2.45) is 0 Å². The van der Waals surface area contributed by atoms with E-state index in [1.165, 1.54) is 193 Å². The topological polar surface area (TPSA) is 95.9 Å². The predicted molar refractivity (Wildman–Crippen MR) is 255 cm³/mol. The van der Waals surface area contributed by atoms with Gasteiger partial charge >= 0.3 is 5.97 Å². The number of amides is 1. The summed E-state index contributed by atoms with van der Waals surface area (Å²) in [6.45, 7) is 4.85. The molecule has 0 aromatic heterocycles. The highest BCUT2D eigenvalue weighted by Gasteiger charge is 2.18. The van der Waals surface area contributed by atoms with Crippen molar-refractivity contribution in [1.29, 1.82) is 0 Å². The van der Waals surface area contributed by atoms with Gasteiger partial charge in [-0.3, -0.25) is 9.59 Å². The van der Waals surface area contributed by atoms with E-state index in [0.717, 1.165) is 57.8 Å². The van der Waals surface area contributed by atoms with Crippen LogP contribution < -0.4 is 5.32 Å². The smallest absolute Gasteiger partial charge is 0.305 e. The zero-order valence-corrected chi connectivity index (χ0v) is 39.5. The second-order valence-electron chi connectivity index (χ2n) is 17.9. The number of ether oxygens (including phenoxy) is 1. The highest BCUT2D eigenvalue weighted by molar-refractivity contribution is 5.76. The van der Waals surface area contributed by atoms with E-state index in [1.54, 1.807) is 6.08 Å². The molecule has 0 radical (unpaired) electrons. The Labute approximate surface area is 367 Å². The van der Waals surface area contributed by atoms with E-state index in [4.69, 9.17) is 4.74 Å². The third-order valence-corrected chi connectivity index (χ3v) is 12.0. The Hall–Kier alpha value is -1.66. The molecule has 0 heterocycles. The summed E-state index contributed by atoms with van der Waals surface area (Å²) in [5.41, 5.74) is 0. The molecule has 6 heteroatoms. The molecule has 0 spiro atoms. The fourth-order valence-corrected chi connectivity index (χ4v) is 7.92.